The van der Waals surface area contributed by atoms with E-state index in [1.165, 1.54) is 10.9 Å². The number of H-pyrrole nitrogens is 1. The molecule has 2 heterocycles. The Labute approximate surface area is 138 Å². The van der Waals surface area contributed by atoms with Gasteiger partial charge in [-0.15, -0.1) is 10.2 Å². The van der Waals surface area contributed by atoms with Crippen LogP contribution in [0.3, 0.4) is 0 Å². The van der Waals surface area contributed by atoms with E-state index in [-0.39, 0.29) is 0 Å². The standard InChI is InChI=1S/C18H16N4S/c1-2-6-13(7-3-1)11-19-12-17-21-22-18(23-17)16-10-14-8-4-5-9-15(14)20-16/h1-10,19-20H,11-12H2. The van der Waals surface area contributed by atoms with Gasteiger partial charge in [0.05, 0.1) is 12.2 Å². The van der Waals surface area contributed by atoms with Gasteiger partial charge in [0.1, 0.15) is 5.01 Å². The second kappa shape index (κ2) is 6.32. The van der Waals surface area contributed by atoms with Gasteiger partial charge in [-0.2, -0.15) is 0 Å². The summed E-state index contributed by atoms with van der Waals surface area (Å²) in [5.74, 6) is 0. The van der Waals surface area contributed by atoms with Crippen LogP contribution in [0.5, 0.6) is 0 Å². The van der Waals surface area contributed by atoms with Crippen molar-refractivity contribution in [1.29, 1.82) is 0 Å². The maximum atomic E-state index is 4.30. The van der Waals surface area contributed by atoms with Gasteiger partial charge in [0.2, 0.25) is 0 Å². The Balaban J connectivity index is 1.44. The molecule has 0 saturated carbocycles. The molecule has 5 heteroatoms. The first-order valence-electron chi connectivity index (χ1n) is 7.54. The molecule has 0 unspecified atom stereocenters. The highest BCUT2D eigenvalue weighted by atomic mass is 32.1. The number of fused-ring (bicyclic) bond motifs is 1. The van der Waals surface area contributed by atoms with Gasteiger partial charge in [-0.25, -0.2) is 0 Å². The zero-order valence-electron chi connectivity index (χ0n) is 12.5. The number of rotatable bonds is 5. The molecule has 2 aromatic carbocycles. The molecule has 0 aliphatic rings. The Bertz CT molecular complexity index is 878. The number of para-hydroxylation sites is 1. The van der Waals surface area contributed by atoms with Crippen LogP contribution in [0.4, 0.5) is 0 Å². The highest BCUT2D eigenvalue weighted by molar-refractivity contribution is 7.14. The third-order valence-electron chi connectivity index (χ3n) is 3.68. The summed E-state index contributed by atoms with van der Waals surface area (Å²) in [7, 11) is 0. The van der Waals surface area contributed by atoms with E-state index in [0.717, 1.165) is 34.3 Å². The molecule has 0 aliphatic heterocycles. The summed E-state index contributed by atoms with van der Waals surface area (Å²) >= 11 is 1.62. The third-order valence-corrected chi connectivity index (χ3v) is 4.63. The summed E-state index contributed by atoms with van der Waals surface area (Å²) in [5, 5.41) is 15.1. The van der Waals surface area contributed by atoms with E-state index >= 15 is 0 Å². The first kappa shape index (κ1) is 14.1. The van der Waals surface area contributed by atoms with Gasteiger partial charge in [-0.1, -0.05) is 59.9 Å². The molecule has 0 bridgehead atoms. The summed E-state index contributed by atoms with van der Waals surface area (Å²) in [4.78, 5) is 3.39. The molecule has 4 nitrogen and oxygen atoms in total. The zero-order valence-corrected chi connectivity index (χ0v) is 13.3. The fourth-order valence-corrected chi connectivity index (χ4v) is 3.31. The van der Waals surface area contributed by atoms with Crippen LogP contribution >= 0.6 is 11.3 Å². The molecule has 0 radical (unpaired) electrons. The van der Waals surface area contributed by atoms with E-state index < -0.39 is 0 Å². The summed E-state index contributed by atoms with van der Waals surface area (Å²) in [6, 6.07) is 20.7. The van der Waals surface area contributed by atoms with Crippen LogP contribution in [0.2, 0.25) is 0 Å². The van der Waals surface area contributed by atoms with Crippen LogP contribution in [0.25, 0.3) is 21.6 Å². The maximum absolute atomic E-state index is 4.30. The van der Waals surface area contributed by atoms with Crippen LogP contribution in [0.15, 0.2) is 60.7 Å². The number of aromatic amines is 1. The SMILES string of the molecule is c1ccc(CNCc2nnc(-c3cc4ccccc4[nH]3)s2)cc1. The molecule has 0 amide bonds. The molecule has 2 aromatic heterocycles. The lowest BCUT2D eigenvalue weighted by Gasteiger charge is -2.01. The number of nitrogens with zero attached hydrogens (tertiary/aromatic N) is 2. The lowest BCUT2D eigenvalue weighted by atomic mass is 10.2. The van der Waals surface area contributed by atoms with Crippen LogP contribution in [0, 0.1) is 0 Å². The van der Waals surface area contributed by atoms with Crippen molar-refractivity contribution in [3.63, 3.8) is 0 Å². The number of hydrogen-bond donors (Lipinski definition) is 2. The zero-order chi connectivity index (χ0) is 15.5. The number of nitrogens with one attached hydrogen (secondary N) is 2. The van der Waals surface area contributed by atoms with Crippen molar-refractivity contribution in [3.8, 4) is 10.7 Å². The van der Waals surface area contributed by atoms with Crippen molar-refractivity contribution in [2.24, 2.45) is 0 Å². The predicted octanol–water partition coefficient (Wildman–Crippen LogP) is 3.98. The minimum Gasteiger partial charge on any atom is -0.353 e. The Hall–Kier alpha value is -2.50. The average Bonchev–Trinajstić information content (AvgIpc) is 3.22. The van der Waals surface area contributed by atoms with Crippen molar-refractivity contribution in [3.05, 3.63) is 71.2 Å². The molecule has 2 N–H and O–H groups in total. The normalized spacial score (nSPS) is 11.1. The fourth-order valence-electron chi connectivity index (χ4n) is 2.53. The van der Waals surface area contributed by atoms with E-state index in [4.69, 9.17) is 0 Å². The quantitative estimate of drug-likeness (QED) is 0.585. The molecule has 4 rings (SSSR count). The van der Waals surface area contributed by atoms with Crippen LogP contribution in [0.1, 0.15) is 10.6 Å². The average molecular weight is 320 g/mol. The van der Waals surface area contributed by atoms with Gasteiger partial charge in [-0.3, -0.25) is 0 Å². The molecule has 0 saturated heterocycles. The molecule has 0 aliphatic carbocycles. The van der Waals surface area contributed by atoms with Gasteiger partial charge in [-0.05, 0) is 17.7 Å². The second-order valence-electron chi connectivity index (χ2n) is 5.36. The lowest BCUT2D eigenvalue weighted by molar-refractivity contribution is 0.684. The Morgan fingerprint density at radius 2 is 1.74 bits per heavy atom. The molecule has 4 aromatic rings. The third kappa shape index (κ3) is 3.16. The summed E-state index contributed by atoms with van der Waals surface area (Å²) < 4.78 is 0. The van der Waals surface area contributed by atoms with E-state index in [0.29, 0.717) is 0 Å². The topological polar surface area (TPSA) is 53.6 Å². The highest BCUT2D eigenvalue weighted by Crippen LogP contribution is 2.26. The number of hydrogen-bond acceptors (Lipinski definition) is 4. The van der Waals surface area contributed by atoms with Crippen molar-refractivity contribution in [1.82, 2.24) is 20.5 Å². The molecule has 0 atom stereocenters. The summed E-state index contributed by atoms with van der Waals surface area (Å²) in [6.45, 7) is 1.56. The van der Waals surface area contributed by atoms with Crippen molar-refractivity contribution in [2.45, 2.75) is 13.1 Å². The minimum atomic E-state index is 0.729. The van der Waals surface area contributed by atoms with Gasteiger partial charge in [0.25, 0.3) is 0 Å². The molecule has 0 spiro atoms. The Morgan fingerprint density at radius 3 is 2.61 bits per heavy atom. The van der Waals surface area contributed by atoms with E-state index in [1.54, 1.807) is 11.3 Å². The fraction of sp³-hybridized carbons (Fsp3) is 0.111. The molecular weight excluding hydrogens is 304 g/mol. The number of benzene rings is 2. The van der Waals surface area contributed by atoms with Gasteiger partial charge < -0.3 is 10.3 Å². The Morgan fingerprint density at radius 1 is 0.913 bits per heavy atom. The van der Waals surface area contributed by atoms with Crippen LogP contribution in [-0.4, -0.2) is 15.2 Å². The summed E-state index contributed by atoms with van der Waals surface area (Å²) in [5.41, 5.74) is 3.42. The smallest absolute Gasteiger partial charge is 0.164 e. The van der Waals surface area contributed by atoms with Crippen molar-refractivity contribution in [2.75, 3.05) is 0 Å². The van der Waals surface area contributed by atoms with Crippen LogP contribution in [-0.2, 0) is 13.1 Å². The van der Waals surface area contributed by atoms with Crippen LogP contribution < -0.4 is 5.32 Å². The molecular formula is C18H16N4S. The molecule has 0 fully saturated rings. The van der Waals surface area contributed by atoms with Gasteiger partial charge in [0, 0.05) is 17.4 Å². The van der Waals surface area contributed by atoms with E-state index in [2.05, 4.69) is 63.0 Å². The minimum absolute atomic E-state index is 0.729. The summed E-state index contributed by atoms with van der Waals surface area (Å²) in [6.07, 6.45) is 0. The predicted molar refractivity (Wildman–Crippen MR) is 94.2 cm³/mol. The maximum Gasteiger partial charge on any atom is 0.164 e. The van der Waals surface area contributed by atoms with Gasteiger partial charge in [0.15, 0.2) is 5.01 Å². The number of aromatic nitrogens is 3. The highest BCUT2D eigenvalue weighted by Gasteiger charge is 2.09. The van der Waals surface area contributed by atoms with E-state index in [1.807, 2.05) is 18.2 Å². The van der Waals surface area contributed by atoms with Crippen molar-refractivity contribution >= 4 is 22.2 Å². The largest absolute Gasteiger partial charge is 0.353 e. The Kier molecular flexibility index (Phi) is 3.88. The lowest BCUT2D eigenvalue weighted by Crippen LogP contribution is -2.12. The molecule has 114 valence electrons. The first-order valence-corrected chi connectivity index (χ1v) is 8.35. The van der Waals surface area contributed by atoms with E-state index in [9.17, 15) is 0 Å². The second-order valence-corrected chi connectivity index (χ2v) is 6.42. The molecule has 23 heavy (non-hydrogen) atoms. The van der Waals surface area contributed by atoms with Gasteiger partial charge >= 0.3 is 0 Å². The first-order chi connectivity index (χ1) is 11.4. The monoisotopic (exact) mass is 320 g/mol. The van der Waals surface area contributed by atoms with Crippen molar-refractivity contribution < 1.29 is 0 Å².